The first-order chi connectivity index (χ1) is 10.2. The zero-order valence-corrected chi connectivity index (χ0v) is 14.1. The van der Waals surface area contributed by atoms with Crippen LogP contribution in [0, 0.1) is 6.92 Å². The zero-order chi connectivity index (χ0) is 16.8. The van der Waals surface area contributed by atoms with Crippen molar-refractivity contribution in [3.63, 3.8) is 0 Å². The maximum atomic E-state index is 11.0. The summed E-state index contributed by atoms with van der Waals surface area (Å²) < 4.78 is 28.4. The number of carbonyl (C=O) groups excluding carboxylic acids is 1. The number of benzene rings is 2. The molecule has 4 N–H and O–H groups in total. The van der Waals surface area contributed by atoms with Gasteiger partial charge in [0.05, 0.1) is 0 Å². The van der Waals surface area contributed by atoms with Gasteiger partial charge in [-0.15, -0.1) is 0 Å². The summed E-state index contributed by atoms with van der Waals surface area (Å²) in [6.07, 6.45) is 0. The molecular formula is C15H18AsNO5. The average molecular weight is 367 g/mol. The predicted octanol–water partition coefficient (Wildman–Crippen LogP) is 0.907. The number of phenols is 1. The first-order valence-electron chi connectivity index (χ1n) is 6.39. The molecule has 2 rings (SSSR count). The van der Waals surface area contributed by atoms with Crippen LogP contribution in [0.4, 0.5) is 5.69 Å². The summed E-state index contributed by atoms with van der Waals surface area (Å²) in [7, 11) is 0. The SMILES string of the molecule is CC(=O)Nc1cccc([As](=O)(O)O)c1O.Cc1ccccc1. The first-order valence-corrected chi connectivity index (χ1v) is 9.77. The van der Waals surface area contributed by atoms with E-state index in [1.165, 1.54) is 24.6 Å². The molecule has 0 bridgehead atoms. The number of nitrogens with one attached hydrogen (secondary N) is 1. The van der Waals surface area contributed by atoms with Gasteiger partial charge < -0.3 is 0 Å². The molecule has 0 saturated carbocycles. The predicted molar refractivity (Wildman–Crippen MR) is 84.1 cm³/mol. The second kappa shape index (κ2) is 7.84. The minimum Gasteiger partial charge on any atom is -0.0622 e. The van der Waals surface area contributed by atoms with Crippen molar-refractivity contribution in [1.29, 1.82) is 0 Å². The second-order valence-electron chi connectivity index (χ2n) is 4.55. The molecule has 0 aliphatic rings. The van der Waals surface area contributed by atoms with E-state index in [2.05, 4.69) is 24.4 Å². The maximum Gasteiger partial charge on any atom is -0.0398 e. The molecule has 118 valence electrons. The molecule has 0 spiro atoms. The molecule has 1 amide bonds. The molecular weight excluding hydrogens is 349 g/mol. The molecule has 0 aromatic heterocycles. The van der Waals surface area contributed by atoms with Gasteiger partial charge in [0, 0.05) is 0 Å². The van der Waals surface area contributed by atoms with Gasteiger partial charge in [-0.2, -0.15) is 0 Å². The van der Waals surface area contributed by atoms with Crippen molar-refractivity contribution >= 4 is 30.1 Å². The third-order valence-electron chi connectivity index (χ3n) is 2.58. The quantitative estimate of drug-likeness (QED) is 0.466. The van der Waals surface area contributed by atoms with Gasteiger partial charge in [0.25, 0.3) is 0 Å². The molecule has 0 aliphatic carbocycles. The topological polar surface area (TPSA) is 107 Å². The molecule has 0 fully saturated rings. The number of aryl methyl sites for hydroxylation is 1. The Bertz CT molecular complexity index is 682. The molecule has 7 heteroatoms. The molecule has 0 atom stereocenters. The maximum absolute atomic E-state index is 11.0. The molecule has 6 nitrogen and oxygen atoms in total. The molecule has 2 aromatic carbocycles. The summed E-state index contributed by atoms with van der Waals surface area (Å²) in [5.41, 5.74) is 1.31. The fourth-order valence-corrected chi connectivity index (χ4v) is 3.01. The number of anilines is 1. The number of hydrogen-bond donors (Lipinski definition) is 4. The van der Waals surface area contributed by atoms with Crippen LogP contribution < -0.4 is 9.67 Å². The van der Waals surface area contributed by atoms with E-state index < -0.39 is 30.2 Å². The smallest absolute Gasteiger partial charge is 0.0398 e. The minimum atomic E-state index is -5.15. The fraction of sp³-hybridized carbons (Fsp3) is 0.133. The molecule has 0 aliphatic heterocycles. The Labute approximate surface area is 131 Å². The van der Waals surface area contributed by atoms with E-state index in [0.29, 0.717) is 0 Å². The molecule has 22 heavy (non-hydrogen) atoms. The van der Waals surface area contributed by atoms with E-state index in [0.717, 1.165) is 6.07 Å². The number of rotatable bonds is 2. The van der Waals surface area contributed by atoms with Gasteiger partial charge in [-0.3, -0.25) is 0 Å². The van der Waals surface area contributed by atoms with Crippen molar-refractivity contribution < 1.29 is 21.8 Å². The first kappa shape index (κ1) is 18.0. The fourth-order valence-electron chi connectivity index (χ4n) is 1.59. The normalized spacial score (nSPS) is 10.4. The van der Waals surface area contributed by atoms with Crippen molar-refractivity contribution in [2.24, 2.45) is 0 Å². The molecule has 2 aromatic rings. The third kappa shape index (κ3) is 5.77. The van der Waals surface area contributed by atoms with Crippen LogP contribution in [0.5, 0.6) is 5.75 Å². The number of hydrogen-bond acceptors (Lipinski definition) is 3. The molecule has 0 saturated heterocycles. The van der Waals surface area contributed by atoms with Gasteiger partial charge in [0.1, 0.15) is 0 Å². The Balaban J connectivity index is 0.000000287. The molecule has 0 unspecified atom stereocenters. The Morgan fingerprint density at radius 3 is 2.05 bits per heavy atom. The summed E-state index contributed by atoms with van der Waals surface area (Å²) in [5, 5.41) is 11.7. The van der Waals surface area contributed by atoms with E-state index in [1.54, 1.807) is 0 Å². The number of para-hydroxylation sites is 1. The second-order valence-corrected chi connectivity index (χ2v) is 7.85. The van der Waals surface area contributed by atoms with Gasteiger partial charge in [-0.1, -0.05) is 35.9 Å². The van der Waals surface area contributed by atoms with Crippen molar-refractivity contribution in [1.82, 2.24) is 0 Å². The van der Waals surface area contributed by atoms with E-state index in [9.17, 15) is 13.6 Å². The van der Waals surface area contributed by atoms with E-state index in [4.69, 9.17) is 8.19 Å². The number of amides is 1. The number of carbonyl (C=O) groups is 1. The van der Waals surface area contributed by atoms with Crippen molar-refractivity contribution in [3.05, 3.63) is 54.1 Å². The Morgan fingerprint density at radius 2 is 1.64 bits per heavy atom. The van der Waals surface area contributed by atoms with E-state index in [-0.39, 0.29) is 5.69 Å². The van der Waals surface area contributed by atoms with Crippen LogP contribution in [0.3, 0.4) is 0 Å². The van der Waals surface area contributed by atoms with Gasteiger partial charge in [-0.25, -0.2) is 0 Å². The summed E-state index contributed by atoms with van der Waals surface area (Å²) in [6, 6.07) is 14.1. The average Bonchev–Trinajstić information content (AvgIpc) is 2.41. The van der Waals surface area contributed by atoms with Crippen molar-refractivity contribution in [3.8, 4) is 5.75 Å². The number of phenolic OH excluding ortho intramolecular Hbond substituents is 1. The van der Waals surface area contributed by atoms with Gasteiger partial charge in [0.15, 0.2) is 0 Å². The van der Waals surface area contributed by atoms with Gasteiger partial charge in [0.2, 0.25) is 0 Å². The van der Waals surface area contributed by atoms with Gasteiger partial charge >= 0.3 is 88.1 Å². The van der Waals surface area contributed by atoms with Crippen LogP contribution >= 0.6 is 0 Å². The largest absolute Gasteiger partial charge is 0.0622 e. The number of aromatic hydroxyl groups is 1. The minimum absolute atomic E-state index is 0.00951. The van der Waals surface area contributed by atoms with E-state index >= 15 is 0 Å². The summed E-state index contributed by atoms with van der Waals surface area (Å²) >= 11 is -5.15. The Morgan fingerprint density at radius 1 is 1.05 bits per heavy atom. The van der Waals surface area contributed by atoms with Crippen LogP contribution in [0.2, 0.25) is 0 Å². The standard InChI is InChI=1S/C8H10AsNO5.C7H8/c1-5(11)10-7-4-2-3-6(8(7)12)9(13,14)15;1-7-5-3-2-4-6-7/h2-4,12H,1H3,(H,10,11)(H2,13,14,15);2-6H,1H3. The van der Waals surface area contributed by atoms with Crippen LogP contribution in [0.15, 0.2) is 48.5 Å². The summed E-state index contributed by atoms with van der Waals surface area (Å²) in [4.78, 5) is 10.7. The third-order valence-corrected chi connectivity index (χ3v) is 4.65. The summed E-state index contributed by atoms with van der Waals surface area (Å²) in [6.45, 7) is 3.31. The Kier molecular flexibility index (Phi) is 6.43. The monoisotopic (exact) mass is 367 g/mol. The summed E-state index contributed by atoms with van der Waals surface area (Å²) in [5.74, 6) is -1.01. The van der Waals surface area contributed by atoms with Crippen LogP contribution in [0.1, 0.15) is 12.5 Å². The van der Waals surface area contributed by atoms with Crippen molar-refractivity contribution in [2.45, 2.75) is 13.8 Å². The van der Waals surface area contributed by atoms with Crippen LogP contribution in [0.25, 0.3) is 0 Å². The zero-order valence-electron chi connectivity index (χ0n) is 12.2. The molecule has 0 radical (unpaired) electrons. The Hall–Kier alpha value is -2.01. The van der Waals surface area contributed by atoms with E-state index in [1.807, 2.05) is 18.2 Å². The van der Waals surface area contributed by atoms with Crippen LogP contribution in [-0.4, -0.2) is 33.4 Å². The molecule has 0 heterocycles. The van der Waals surface area contributed by atoms with Gasteiger partial charge in [-0.05, 0) is 6.92 Å². The van der Waals surface area contributed by atoms with Crippen molar-refractivity contribution in [2.75, 3.05) is 5.32 Å². The van der Waals surface area contributed by atoms with Crippen LogP contribution in [-0.2, 0) is 8.53 Å².